The second-order valence-corrected chi connectivity index (χ2v) is 4.02. The quantitative estimate of drug-likeness (QED) is 0.444. The first-order chi connectivity index (χ1) is 8.65. The molecule has 0 spiro atoms. The third kappa shape index (κ3) is 3.02. The molecular weight excluding hydrogens is 281 g/mol. The maximum absolute atomic E-state index is 11.2. The van der Waals surface area contributed by atoms with Gasteiger partial charge in [0, 0.05) is 18.8 Å². The Hall–Kier alpha value is -0.994. The van der Waals surface area contributed by atoms with Gasteiger partial charge in [0.05, 0.1) is 5.69 Å². The molecule has 0 aliphatic rings. The standard InChI is InChI=1S/C12H11N5O.CH3.K/c1-17-5-4-9(16-17)7-2-3-10-8(6-7)11(12(13)18)15-14-10;;/h2-6H,1H3,(H3,13,14,15,16,18);1H3;/q;-1;+1/p-1. The van der Waals surface area contributed by atoms with Crippen molar-refractivity contribution in [2.24, 2.45) is 12.8 Å². The fourth-order valence-corrected chi connectivity index (χ4v) is 1.88. The summed E-state index contributed by atoms with van der Waals surface area (Å²) in [7, 11) is 1.85. The van der Waals surface area contributed by atoms with Gasteiger partial charge < -0.3 is 23.4 Å². The van der Waals surface area contributed by atoms with E-state index in [4.69, 9.17) is 5.73 Å². The Bertz CT molecular complexity index is 746. The molecule has 6 nitrogen and oxygen atoms in total. The molecule has 0 saturated carbocycles. The number of hydrogen-bond donors (Lipinski definition) is 1. The molecule has 7 heteroatoms. The predicted molar refractivity (Wildman–Crippen MR) is 72.2 cm³/mol. The van der Waals surface area contributed by atoms with Crippen LogP contribution >= 0.6 is 0 Å². The van der Waals surface area contributed by atoms with Crippen molar-refractivity contribution in [1.82, 2.24) is 20.0 Å². The summed E-state index contributed by atoms with van der Waals surface area (Å²) >= 11 is 0. The zero-order valence-corrected chi connectivity index (χ0v) is 14.8. The van der Waals surface area contributed by atoms with Crippen LogP contribution in [0.2, 0.25) is 0 Å². The molecule has 0 unspecified atom stereocenters. The molecule has 3 rings (SSSR count). The van der Waals surface area contributed by atoms with E-state index in [0.29, 0.717) is 10.9 Å². The van der Waals surface area contributed by atoms with Crippen LogP contribution in [0.1, 0.15) is 10.5 Å². The van der Waals surface area contributed by atoms with Gasteiger partial charge in [-0.3, -0.25) is 9.48 Å². The minimum atomic E-state index is -0.573. The molecule has 0 aliphatic carbocycles. The van der Waals surface area contributed by atoms with Gasteiger partial charge in [-0.25, -0.2) is 0 Å². The summed E-state index contributed by atoms with van der Waals surface area (Å²) < 4.78 is 1.72. The Morgan fingerprint density at radius 2 is 2.10 bits per heavy atom. The number of aromatic nitrogens is 4. The van der Waals surface area contributed by atoms with Gasteiger partial charge in [-0.15, -0.1) is 5.52 Å². The molecule has 0 atom stereocenters. The van der Waals surface area contributed by atoms with E-state index in [1.165, 1.54) is 0 Å². The predicted octanol–water partition coefficient (Wildman–Crippen LogP) is -1.85. The fraction of sp³-hybridized carbons (Fsp3) is 0.0769. The average molecular weight is 294 g/mol. The first-order valence-corrected chi connectivity index (χ1v) is 5.38. The SMILES string of the molecule is Cn1ccc(-c2ccc3[n-]nc(C(N)=O)c3c2)n1.[CH3-].[K+]. The van der Waals surface area contributed by atoms with E-state index in [-0.39, 0.29) is 64.5 Å². The minimum absolute atomic E-state index is 0. The van der Waals surface area contributed by atoms with Gasteiger partial charge in [0.1, 0.15) is 5.69 Å². The van der Waals surface area contributed by atoms with Crippen LogP contribution in [0.3, 0.4) is 0 Å². The first kappa shape index (κ1) is 17.1. The van der Waals surface area contributed by atoms with Gasteiger partial charge in [0.15, 0.2) is 0 Å². The molecule has 0 bridgehead atoms. The van der Waals surface area contributed by atoms with Crippen LogP contribution in [0.25, 0.3) is 22.2 Å². The number of nitrogens with two attached hydrogens (primary N) is 1. The van der Waals surface area contributed by atoms with E-state index in [2.05, 4.69) is 15.3 Å². The third-order valence-electron chi connectivity index (χ3n) is 2.75. The molecule has 2 N–H and O–H groups in total. The molecule has 20 heavy (non-hydrogen) atoms. The third-order valence-corrected chi connectivity index (χ3v) is 2.75. The molecule has 3 aromatic rings. The largest absolute Gasteiger partial charge is 1.00 e. The molecule has 2 aromatic heterocycles. The van der Waals surface area contributed by atoms with Gasteiger partial charge in [-0.05, 0) is 17.5 Å². The van der Waals surface area contributed by atoms with Gasteiger partial charge >= 0.3 is 51.4 Å². The number of carbonyl (C=O) groups excluding carboxylic acids is 1. The first-order valence-electron chi connectivity index (χ1n) is 5.38. The maximum atomic E-state index is 11.2. The summed E-state index contributed by atoms with van der Waals surface area (Å²) in [5.74, 6) is -0.573. The Morgan fingerprint density at radius 3 is 2.70 bits per heavy atom. The fourth-order valence-electron chi connectivity index (χ4n) is 1.88. The number of nitrogens with zero attached hydrogens (tertiary/aromatic N) is 4. The number of benzene rings is 1. The summed E-state index contributed by atoms with van der Waals surface area (Å²) in [4.78, 5) is 11.2. The Labute approximate surface area is 159 Å². The summed E-state index contributed by atoms with van der Waals surface area (Å²) in [5.41, 5.74) is 7.84. The average Bonchev–Trinajstić information content (AvgIpc) is 2.93. The van der Waals surface area contributed by atoms with Crippen LogP contribution in [-0.2, 0) is 7.05 Å². The maximum Gasteiger partial charge on any atom is 1.00 e. The van der Waals surface area contributed by atoms with Crippen LogP contribution in [0.15, 0.2) is 30.5 Å². The van der Waals surface area contributed by atoms with Crippen LogP contribution in [0.5, 0.6) is 0 Å². The molecule has 0 radical (unpaired) electrons. The number of carbonyl (C=O) groups is 1. The summed E-state index contributed by atoms with van der Waals surface area (Å²) in [5, 5.41) is 12.7. The van der Waals surface area contributed by atoms with Crippen molar-refractivity contribution >= 4 is 16.8 Å². The van der Waals surface area contributed by atoms with Crippen LogP contribution in [0, 0.1) is 7.43 Å². The summed E-state index contributed by atoms with van der Waals surface area (Å²) in [6.07, 6.45) is 1.86. The van der Waals surface area contributed by atoms with Crippen molar-refractivity contribution in [3.05, 3.63) is 43.6 Å². The minimum Gasteiger partial charge on any atom is -0.574 e. The number of rotatable bonds is 2. The number of primary amides is 1. The van der Waals surface area contributed by atoms with Gasteiger partial charge in [-0.2, -0.15) is 5.10 Å². The van der Waals surface area contributed by atoms with E-state index >= 15 is 0 Å². The molecule has 0 fully saturated rings. The van der Waals surface area contributed by atoms with Crippen molar-refractivity contribution in [3.8, 4) is 11.3 Å². The molecule has 1 aromatic carbocycles. The summed E-state index contributed by atoms with van der Waals surface area (Å²) in [6.45, 7) is 0. The zero-order valence-electron chi connectivity index (χ0n) is 11.7. The van der Waals surface area contributed by atoms with E-state index in [1.54, 1.807) is 10.7 Å². The molecule has 1 amide bonds. The zero-order chi connectivity index (χ0) is 12.7. The number of aryl methyl sites for hydroxylation is 1. The molecule has 2 heterocycles. The molecule has 0 aliphatic heterocycles. The normalized spacial score (nSPS) is 9.85. The van der Waals surface area contributed by atoms with Gasteiger partial charge in [-0.1, -0.05) is 12.1 Å². The second kappa shape index (κ2) is 6.64. The van der Waals surface area contributed by atoms with E-state index in [0.717, 1.165) is 11.3 Å². The van der Waals surface area contributed by atoms with Crippen LogP contribution in [-0.4, -0.2) is 20.8 Å². The number of amides is 1. The Morgan fingerprint density at radius 1 is 1.35 bits per heavy atom. The Balaban J connectivity index is 0.000001000. The number of fused-ring (bicyclic) bond motifs is 1. The molecule has 0 saturated heterocycles. The molecular formula is C13H13KN5O-. The van der Waals surface area contributed by atoms with Crippen LogP contribution < -0.4 is 62.2 Å². The van der Waals surface area contributed by atoms with Gasteiger partial charge in [0.2, 0.25) is 0 Å². The second-order valence-electron chi connectivity index (χ2n) is 4.02. The topological polar surface area (TPSA) is 87.9 Å². The number of hydrogen-bond acceptors (Lipinski definition) is 3. The Kier molecular flexibility index (Phi) is 5.66. The van der Waals surface area contributed by atoms with Gasteiger partial charge in [0.25, 0.3) is 5.91 Å². The van der Waals surface area contributed by atoms with E-state index < -0.39 is 5.91 Å². The van der Waals surface area contributed by atoms with Crippen molar-refractivity contribution in [2.75, 3.05) is 0 Å². The monoisotopic (exact) mass is 294 g/mol. The van der Waals surface area contributed by atoms with Crippen molar-refractivity contribution < 1.29 is 56.2 Å². The van der Waals surface area contributed by atoms with E-state index in [9.17, 15) is 4.79 Å². The van der Waals surface area contributed by atoms with Crippen molar-refractivity contribution in [3.63, 3.8) is 0 Å². The van der Waals surface area contributed by atoms with E-state index in [1.807, 2.05) is 31.4 Å². The smallest absolute Gasteiger partial charge is 0.574 e. The van der Waals surface area contributed by atoms with Crippen LogP contribution in [0.4, 0.5) is 0 Å². The van der Waals surface area contributed by atoms with Crippen molar-refractivity contribution in [1.29, 1.82) is 0 Å². The summed E-state index contributed by atoms with van der Waals surface area (Å²) in [6, 6.07) is 7.43. The molecule has 98 valence electrons. The van der Waals surface area contributed by atoms with Crippen molar-refractivity contribution in [2.45, 2.75) is 0 Å².